The topological polar surface area (TPSA) is 14.1 Å². The molecular formula is C12H22NP2. The van der Waals surface area contributed by atoms with Crippen LogP contribution in [0.4, 0.5) is 0 Å². The Morgan fingerprint density at radius 3 is 2.27 bits per heavy atom. The molecule has 1 nitrogen and oxygen atoms in total. The molecule has 0 saturated heterocycles. The molecule has 1 aliphatic rings. The van der Waals surface area contributed by atoms with Crippen LogP contribution in [0.3, 0.4) is 0 Å². The van der Waals surface area contributed by atoms with Crippen molar-refractivity contribution in [3.63, 3.8) is 0 Å². The second kappa shape index (κ2) is 9.37. The highest BCUT2D eigenvalue weighted by molar-refractivity contribution is 7.85. The summed E-state index contributed by atoms with van der Waals surface area (Å²) in [5.74, 6) is 0. The van der Waals surface area contributed by atoms with E-state index in [0.29, 0.717) is 0 Å². The van der Waals surface area contributed by atoms with Gasteiger partial charge >= 0.3 is 0 Å². The van der Waals surface area contributed by atoms with E-state index in [1.165, 1.54) is 73.7 Å². The Morgan fingerprint density at radius 1 is 1.00 bits per heavy atom. The second-order valence-corrected chi connectivity index (χ2v) is 6.47. The van der Waals surface area contributed by atoms with Crippen LogP contribution >= 0.6 is 15.9 Å². The molecule has 0 bridgehead atoms. The molecule has 1 aliphatic heterocycles. The summed E-state index contributed by atoms with van der Waals surface area (Å²) in [6.45, 7) is 2.28. The number of unbranched alkanes of at least 4 members (excludes halogenated alkanes) is 7. The molecular weight excluding hydrogens is 220 g/mol. The van der Waals surface area contributed by atoms with Crippen molar-refractivity contribution in [2.75, 3.05) is 0 Å². The minimum absolute atomic E-state index is 1.23. The van der Waals surface area contributed by atoms with Crippen LogP contribution in [0.25, 0.3) is 0 Å². The zero-order valence-corrected chi connectivity index (χ0v) is 11.6. The first-order valence-corrected chi connectivity index (χ1v) is 8.68. The minimum atomic E-state index is 1.23. The van der Waals surface area contributed by atoms with Gasteiger partial charge in [-0.15, -0.1) is 0 Å². The predicted octanol–water partition coefficient (Wildman–Crippen LogP) is 5.70. The molecule has 0 aromatic heterocycles. The lowest BCUT2D eigenvalue weighted by atomic mass is 10.1. The van der Waals surface area contributed by atoms with Gasteiger partial charge in [0.15, 0.2) is 0 Å². The summed E-state index contributed by atoms with van der Waals surface area (Å²) in [6.07, 6.45) is 14.7. The van der Waals surface area contributed by atoms with Crippen molar-refractivity contribution in [3.8, 4) is 0 Å². The van der Waals surface area contributed by atoms with Crippen molar-refractivity contribution in [1.29, 1.82) is 0 Å². The normalized spacial score (nSPS) is 16.2. The number of hydrogen-bond donors (Lipinski definition) is 0. The van der Waals surface area contributed by atoms with Crippen molar-refractivity contribution in [1.82, 2.24) is 5.09 Å². The van der Waals surface area contributed by atoms with Crippen LogP contribution in [0.1, 0.15) is 64.7 Å². The Morgan fingerprint density at radius 2 is 1.67 bits per heavy atom. The predicted molar refractivity (Wildman–Crippen MR) is 71.3 cm³/mol. The summed E-state index contributed by atoms with van der Waals surface area (Å²) in [5, 5.41) is 5.76. The van der Waals surface area contributed by atoms with Crippen molar-refractivity contribution in [2.45, 2.75) is 64.7 Å². The zero-order valence-electron chi connectivity index (χ0n) is 9.78. The third kappa shape index (κ3) is 7.09. The number of nitrogens with zero attached hydrogens (tertiary/aromatic N) is 1. The molecule has 0 aromatic carbocycles. The maximum absolute atomic E-state index is 4.21. The van der Waals surface area contributed by atoms with E-state index in [2.05, 4.69) is 18.2 Å². The second-order valence-electron chi connectivity index (χ2n) is 4.15. The Bertz CT molecular complexity index is 212. The SMILES string of the molecule is CCCCCCCCCCC1=C[N]P=P1. The molecule has 85 valence electrons. The van der Waals surface area contributed by atoms with Gasteiger partial charge in [0.05, 0.1) is 8.02 Å². The van der Waals surface area contributed by atoms with Gasteiger partial charge in [0.25, 0.3) is 0 Å². The molecule has 0 fully saturated rings. The summed E-state index contributed by atoms with van der Waals surface area (Å²) in [4.78, 5) is 0. The molecule has 1 heterocycles. The van der Waals surface area contributed by atoms with Gasteiger partial charge in [-0.25, -0.2) is 5.09 Å². The van der Waals surface area contributed by atoms with Crippen molar-refractivity contribution in [2.24, 2.45) is 0 Å². The monoisotopic (exact) mass is 242 g/mol. The maximum Gasteiger partial charge on any atom is 0.0696 e. The molecule has 3 heteroatoms. The first-order valence-electron chi connectivity index (χ1n) is 6.23. The Balaban J connectivity index is 1.79. The number of rotatable bonds is 9. The zero-order chi connectivity index (χ0) is 10.8. The fourth-order valence-corrected chi connectivity index (χ4v) is 3.68. The first kappa shape index (κ1) is 13.2. The standard InChI is InChI=1S/C12H22NP2/c1-2-3-4-5-6-7-8-9-10-12-11-13-15-14-12/h11H,2-10H2,1H3. The quantitative estimate of drug-likeness (QED) is 0.364. The van der Waals surface area contributed by atoms with Crippen molar-refractivity contribution < 1.29 is 0 Å². The average molecular weight is 242 g/mol. The Kier molecular flexibility index (Phi) is 8.25. The van der Waals surface area contributed by atoms with E-state index in [1.807, 2.05) is 0 Å². The van der Waals surface area contributed by atoms with Crippen molar-refractivity contribution in [3.05, 3.63) is 11.5 Å². The highest BCUT2D eigenvalue weighted by atomic mass is 31.7. The van der Waals surface area contributed by atoms with Crippen molar-refractivity contribution >= 4 is 15.9 Å². The van der Waals surface area contributed by atoms with Crippen LogP contribution in [-0.2, 0) is 0 Å². The maximum atomic E-state index is 4.21. The Labute approximate surface area is 97.6 Å². The molecule has 0 aromatic rings. The van der Waals surface area contributed by atoms with Crippen LogP contribution in [0, 0.1) is 0 Å². The molecule has 1 rings (SSSR count). The lowest BCUT2D eigenvalue weighted by molar-refractivity contribution is 0.577. The molecule has 0 saturated carbocycles. The lowest BCUT2D eigenvalue weighted by Gasteiger charge is -2.00. The average Bonchev–Trinajstić information content (AvgIpc) is 2.75. The molecule has 0 atom stereocenters. The highest BCUT2D eigenvalue weighted by Gasteiger charge is 1.99. The summed E-state index contributed by atoms with van der Waals surface area (Å²) in [6, 6.07) is 0. The summed E-state index contributed by atoms with van der Waals surface area (Å²) >= 11 is 0. The smallest absolute Gasteiger partial charge is 0.0696 e. The van der Waals surface area contributed by atoms with E-state index < -0.39 is 0 Å². The molecule has 0 amide bonds. The van der Waals surface area contributed by atoms with Gasteiger partial charge in [0.1, 0.15) is 0 Å². The molecule has 0 N–H and O–H groups in total. The number of hydrogen-bond acceptors (Lipinski definition) is 0. The molecule has 0 spiro atoms. The highest BCUT2D eigenvalue weighted by Crippen LogP contribution is 2.33. The van der Waals surface area contributed by atoms with E-state index >= 15 is 0 Å². The van der Waals surface area contributed by atoms with Gasteiger partial charge < -0.3 is 0 Å². The largest absolute Gasteiger partial charge is 0.230 e. The third-order valence-corrected chi connectivity index (χ3v) is 4.97. The summed E-state index contributed by atoms with van der Waals surface area (Å²) in [7, 11) is 2.67. The van der Waals surface area contributed by atoms with Crippen LogP contribution in [0.5, 0.6) is 0 Å². The van der Waals surface area contributed by atoms with Gasteiger partial charge in [-0.1, -0.05) is 51.9 Å². The van der Waals surface area contributed by atoms with E-state index in [0.717, 1.165) is 0 Å². The van der Waals surface area contributed by atoms with E-state index in [-0.39, 0.29) is 0 Å². The molecule has 1 radical (unpaired) electrons. The molecule has 0 unspecified atom stereocenters. The van der Waals surface area contributed by atoms with Crippen LogP contribution in [0.15, 0.2) is 11.5 Å². The first-order chi connectivity index (χ1) is 7.43. The van der Waals surface area contributed by atoms with Crippen LogP contribution in [-0.4, -0.2) is 0 Å². The van der Waals surface area contributed by atoms with Crippen LogP contribution < -0.4 is 5.09 Å². The van der Waals surface area contributed by atoms with Crippen LogP contribution in [0.2, 0.25) is 0 Å². The number of allylic oxidation sites excluding steroid dienone is 1. The van der Waals surface area contributed by atoms with Gasteiger partial charge in [0.2, 0.25) is 0 Å². The summed E-state index contributed by atoms with van der Waals surface area (Å²) < 4.78 is 0. The van der Waals surface area contributed by atoms with Gasteiger partial charge in [0, 0.05) is 11.5 Å². The Hall–Kier alpha value is 0.140. The molecule has 15 heavy (non-hydrogen) atoms. The third-order valence-electron chi connectivity index (χ3n) is 2.72. The van der Waals surface area contributed by atoms with Gasteiger partial charge in [-0.2, -0.15) is 0 Å². The van der Waals surface area contributed by atoms with E-state index in [9.17, 15) is 0 Å². The lowest BCUT2D eigenvalue weighted by Crippen LogP contribution is -1.81. The fourth-order valence-electron chi connectivity index (χ4n) is 1.76. The fraction of sp³-hybridized carbons (Fsp3) is 0.833. The molecule has 0 aliphatic carbocycles. The summed E-state index contributed by atoms with van der Waals surface area (Å²) in [5.41, 5.74) is 0. The van der Waals surface area contributed by atoms with E-state index in [4.69, 9.17) is 0 Å². The minimum Gasteiger partial charge on any atom is -0.230 e. The van der Waals surface area contributed by atoms with Gasteiger partial charge in [-0.3, -0.25) is 0 Å². The van der Waals surface area contributed by atoms with E-state index in [1.54, 1.807) is 5.31 Å². The van der Waals surface area contributed by atoms with Gasteiger partial charge in [-0.05, 0) is 20.7 Å².